The van der Waals surface area contributed by atoms with E-state index in [1.165, 1.54) is 18.5 Å². The molecule has 2 fully saturated rings. The van der Waals surface area contributed by atoms with Gasteiger partial charge in [0.05, 0.1) is 5.69 Å². The van der Waals surface area contributed by atoms with E-state index in [0.717, 1.165) is 37.2 Å². The first-order valence-electron chi connectivity index (χ1n) is 5.07. The van der Waals surface area contributed by atoms with Gasteiger partial charge in [0.2, 0.25) is 0 Å². The zero-order chi connectivity index (χ0) is 8.67. The van der Waals surface area contributed by atoms with Crippen molar-refractivity contribution >= 4 is 0 Å². The lowest BCUT2D eigenvalue weighted by atomic mass is 10.00. The summed E-state index contributed by atoms with van der Waals surface area (Å²) in [7, 11) is 0. The van der Waals surface area contributed by atoms with E-state index < -0.39 is 0 Å². The zero-order valence-corrected chi connectivity index (χ0v) is 7.62. The first-order valence-corrected chi connectivity index (χ1v) is 5.07. The number of rotatable bonds is 3. The van der Waals surface area contributed by atoms with Gasteiger partial charge in [-0.15, -0.1) is 0 Å². The molecule has 0 spiro atoms. The number of nitrogens with zero attached hydrogens (tertiary/aromatic N) is 1. The Morgan fingerprint density at radius 1 is 1.46 bits per heavy atom. The van der Waals surface area contributed by atoms with Gasteiger partial charge in [0, 0.05) is 12.3 Å². The van der Waals surface area contributed by atoms with Gasteiger partial charge in [-0.3, -0.25) is 0 Å². The minimum Gasteiger partial charge on any atom is -0.449 e. The van der Waals surface area contributed by atoms with Crippen LogP contribution in [0.2, 0.25) is 0 Å². The largest absolute Gasteiger partial charge is 0.449 e. The molecule has 0 unspecified atom stereocenters. The van der Waals surface area contributed by atoms with E-state index in [9.17, 15) is 0 Å². The third-order valence-electron chi connectivity index (χ3n) is 2.89. The van der Waals surface area contributed by atoms with Crippen LogP contribution >= 0.6 is 0 Å². The molecule has 1 N–H and O–H groups in total. The van der Waals surface area contributed by atoms with Crippen LogP contribution in [0.25, 0.3) is 0 Å². The van der Waals surface area contributed by atoms with E-state index >= 15 is 0 Å². The van der Waals surface area contributed by atoms with Gasteiger partial charge in [0.1, 0.15) is 6.26 Å². The molecule has 13 heavy (non-hydrogen) atoms. The first-order chi connectivity index (χ1) is 6.42. The van der Waals surface area contributed by atoms with Crippen LogP contribution in [0.5, 0.6) is 0 Å². The summed E-state index contributed by atoms with van der Waals surface area (Å²) >= 11 is 0. The van der Waals surface area contributed by atoms with Crippen LogP contribution in [0.3, 0.4) is 0 Å². The molecule has 2 heterocycles. The lowest BCUT2D eigenvalue weighted by molar-refractivity contribution is 0.318. The third kappa shape index (κ3) is 1.48. The smallest absolute Gasteiger partial charge is 0.194 e. The molecule has 1 saturated heterocycles. The first kappa shape index (κ1) is 7.56. The molecule has 70 valence electrons. The lowest BCUT2D eigenvalue weighted by Crippen LogP contribution is -2.43. The van der Waals surface area contributed by atoms with Gasteiger partial charge in [0.25, 0.3) is 0 Å². The quantitative estimate of drug-likeness (QED) is 0.758. The standard InChI is InChI=1S/C10H14N2O/c1-2-8(1)9-6-13-10(12-9)3-7-4-11-5-7/h6-8,11H,1-5H2. The fourth-order valence-corrected chi connectivity index (χ4v) is 1.73. The van der Waals surface area contributed by atoms with Gasteiger partial charge in [-0.2, -0.15) is 0 Å². The molecule has 3 nitrogen and oxygen atoms in total. The van der Waals surface area contributed by atoms with E-state index in [2.05, 4.69) is 10.3 Å². The van der Waals surface area contributed by atoms with Crippen molar-refractivity contribution in [2.45, 2.75) is 25.2 Å². The van der Waals surface area contributed by atoms with Gasteiger partial charge in [-0.1, -0.05) is 0 Å². The summed E-state index contributed by atoms with van der Waals surface area (Å²) in [6.45, 7) is 2.25. The fourth-order valence-electron chi connectivity index (χ4n) is 1.73. The highest BCUT2D eigenvalue weighted by atomic mass is 16.3. The highest BCUT2D eigenvalue weighted by Gasteiger charge is 2.27. The Bertz CT molecular complexity index is 300. The fraction of sp³-hybridized carbons (Fsp3) is 0.700. The van der Waals surface area contributed by atoms with Crippen LogP contribution in [0.15, 0.2) is 10.7 Å². The number of oxazole rings is 1. The summed E-state index contributed by atoms with van der Waals surface area (Å²) in [5.41, 5.74) is 1.18. The topological polar surface area (TPSA) is 38.1 Å². The molecule has 1 aliphatic heterocycles. The molecule has 0 radical (unpaired) electrons. The highest BCUT2D eigenvalue weighted by Crippen LogP contribution is 2.39. The Kier molecular flexibility index (Phi) is 1.65. The van der Waals surface area contributed by atoms with Gasteiger partial charge in [-0.25, -0.2) is 4.98 Å². The van der Waals surface area contributed by atoms with Gasteiger partial charge < -0.3 is 9.73 Å². The van der Waals surface area contributed by atoms with Crippen molar-refractivity contribution in [1.82, 2.24) is 10.3 Å². The van der Waals surface area contributed by atoms with Crippen LogP contribution in [0.1, 0.15) is 30.3 Å². The van der Waals surface area contributed by atoms with Gasteiger partial charge >= 0.3 is 0 Å². The monoisotopic (exact) mass is 178 g/mol. The maximum atomic E-state index is 5.43. The van der Waals surface area contributed by atoms with E-state index in [0.29, 0.717) is 0 Å². The number of nitrogens with one attached hydrogen (secondary N) is 1. The minimum absolute atomic E-state index is 0.719. The van der Waals surface area contributed by atoms with Crippen LogP contribution < -0.4 is 5.32 Å². The number of hydrogen-bond acceptors (Lipinski definition) is 3. The second-order valence-electron chi connectivity index (χ2n) is 4.17. The maximum Gasteiger partial charge on any atom is 0.194 e. The average molecular weight is 178 g/mol. The molecule has 2 aliphatic rings. The predicted molar refractivity (Wildman–Crippen MR) is 48.5 cm³/mol. The molecule has 1 aromatic heterocycles. The second-order valence-corrected chi connectivity index (χ2v) is 4.17. The number of hydrogen-bond donors (Lipinski definition) is 1. The Balaban J connectivity index is 1.66. The van der Waals surface area contributed by atoms with Crippen molar-refractivity contribution in [1.29, 1.82) is 0 Å². The summed E-state index contributed by atoms with van der Waals surface area (Å²) in [5.74, 6) is 2.41. The van der Waals surface area contributed by atoms with Crippen molar-refractivity contribution in [2.24, 2.45) is 5.92 Å². The van der Waals surface area contributed by atoms with Crippen molar-refractivity contribution in [3.63, 3.8) is 0 Å². The Labute approximate surface area is 77.5 Å². The summed E-state index contributed by atoms with van der Waals surface area (Å²) in [4.78, 5) is 4.50. The van der Waals surface area contributed by atoms with Gasteiger partial charge in [0.15, 0.2) is 5.89 Å². The van der Waals surface area contributed by atoms with E-state index in [1.807, 2.05) is 6.26 Å². The van der Waals surface area contributed by atoms with E-state index in [4.69, 9.17) is 4.42 Å². The van der Waals surface area contributed by atoms with Crippen LogP contribution in [0, 0.1) is 5.92 Å². The molecule has 1 aromatic rings. The van der Waals surface area contributed by atoms with Crippen LogP contribution in [-0.2, 0) is 6.42 Å². The molecule has 0 aromatic carbocycles. The van der Waals surface area contributed by atoms with Crippen molar-refractivity contribution < 1.29 is 4.42 Å². The summed E-state index contributed by atoms with van der Waals surface area (Å²) < 4.78 is 5.43. The van der Waals surface area contributed by atoms with Crippen molar-refractivity contribution in [3.8, 4) is 0 Å². The Hall–Kier alpha value is -0.830. The lowest BCUT2D eigenvalue weighted by Gasteiger charge is -2.25. The minimum atomic E-state index is 0.719. The molecular weight excluding hydrogens is 164 g/mol. The second kappa shape index (κ2) is 2.84. The third-order valence-corrected chi connectivity index (χ3v) is 2.89. The Morgan fingerprint density at radius 3 is 2.92 bits per heavy atom. The number of aromatic nitrogens is 1. The van der Waals surface area contributed by atoms with Crippen molar-refractivity contribution in [2.75, 3.05) is 13.1 Å². The SMILES string of the molecule is c1oc(CC2CNC2)nc1C1CC1. The van der Waals surface area contributed by atoms with Crippen molar-refractivity contribution in [3.05, 3.63) is 17.8 Å². The molecule has 1 aliphatic carbocycles. The van der Waals surface area contributed by atoms with Crippen LogP contribution in [-0.4, -0.2) is 18.1 Å². The molecule has 3 rings (SSSR count). The maximum absolute atomic E-state index is 5.43. The van der Waals surface area contributed by atoms with Gasteiger partial charge in [-0.05, 0) is 31.8 Å². The van der Waals surface area contributed by atoms with E-state index in [1.54, 1.807) is 0 Å². The summed E-state index contributed by atoms with van der Waals surface area (Å²) in [6, 6.07) is 0. The predicted octanol–water partition coefficient (Wildman–Crippen LogP) is 1.31. The molecule has 0 atom stereocenters. The summed E-state index contributed by atoms with van der Waals surface area (Å²) in [6.07, 6.45) is 5.47. The molecule has 0 amide bonds. The Morgan fingerprint density at radius 2 is 2.31 bits per heavy atom. The zero-order valence-electron chi connectivity index (χ0n) is 7.62. The molecule has 1 saturated carbocycles. The molecule has 0 bridgehead atoms. The van der Waals surface area contributed by atoms with Crippen LogP contribution in [0.4, 0.5) is 0 Å². The molecule has 3 heteroatoms. The summed E-state index contributed by atoms with van der Waals surface area (Å²) in [5, 5.41) is 3.25. The van der Waals surface area contributed by atoms with E-state index in [-0.39, 0.29) is 0 Å². The molecular formula is C10H14N2O. The average Bonchev–Trinajstić information content (AvgIpc) is 2.80. The highest BCUT2D eigenvalue weighted by molar-refractivity contribution is 5.11. The normalized spacial score (nSPS) is 23.1.